The van der Waals surface area contributed by atoms with Crippen LogP contribution in [0, 0.1) is 6.92 Å². The number of nitrogens with one attached hydrogen (secondary N) is 2. The first-order chi connectivity index (χ1) is 21.6. The van der Waals surface area contributed by atoms with Gasteiger partial charge in [-0.1, -0.05) is 0 Å². The second-order valence-corrected chi connectivity index (χ2v) is 11.0. The van der Waals surface area contributed by atoms with E-state index >= 15 is 0 Å². The van der Waals surface area contributed by atoms with Gasteiger partial charge in [0.15, 0.2) is 0 Å². The summed E-state index contributed by atoms with van der Waals surface area (Å²) in [5.41, 5.74) is 6.97. The number of nitrogens with zero attached hydrogens (tertiary/aromatic N) is 1. The first-order valence-corrected chi connectivity index (χ1v) is 15.1. The van der Waals surface area contributed by atoms with Crippen LogP contribution in [0.15, 0.2) is 59.3 Å². The van der Waals surface area contributed by atoms with Crippen LogP contribution >= 0.6 is 0 Å². The number of hydrogen-bond acceptors (Lipinski definition) is 9. The molecule has 0 aromatic heterocycles. The molecule has 236 valence electrons. The third kappa shape index (κ3) is 6.57. The number of carbonyl (C=O) groups is 4. The van der Waals surface area contributed by atoms with Gasteiger partial charge < -0.3 is 30.1 Å². The maximum absolute atomic E-state index is 12.7. The lowest BCUT2D eigenvalue weighted by Gasteiger charge is -2.33. The van der Waals surface area contributed by atoms with E-state index in [1.807, 2.05) is 52.0 Å². The predicted octanol–water partition coefficient (Wildman–Crippen LogP) is 4.91. The van der Waals surface area contributed by atoms with Crippen molar-refractivity contribution in [2.45, 2.75) is 59.5 Å². The van der Waals surface area contributed by atoms with Crippen LogP contribution in [0.1, 0.15) is 73.5 Å². The molecule has 1 aliphatic carbocycles. The molecule has 1 saturated heterocycles. The zero-order chi connectivity index (χ0) is 32.2. The van der Waals surface area contributed by atoms with E-state index in [1.54, 1.807) is 12.1 Å². The number of carboxylic acid groups (broad SMARTS) is 1. The van der Waals surface area contributed by atoms with Crippen molar-refractivity contribution in [2.24, 2.45) is 0 Å². The summed E-state index contributed by atoms with van der Waals surface area (Å²) in [6.45, 7) is 9.65. The third-order valence-electron chi connectivity index (χ3n) is 7.78. The fraction of sp³-hybridized carbons (Fsp3) is 0.353. The average molecular weight is 616 g/mol. The van der Waals surface area contributed by atoms with Crippen LogP contribution in [0.3, 0.4) is 0 Å². The smallest absolute Gasteiger partial charge is 0.336 e. The summed E-state index contributed by atoms with van der Waals surface area (Å²) in [5.74, 6) is -1.94. The number of carbonyl (C=O) groups excluding carboxylic acids is 3. The standard InChI is InChI=1S/C34H37N3O8/c1-5-35-26-17-28-24(14-19(26)3)33(25-15-20(4)27(36-6-2)18-29(25)44-28)22-10-9-21(16-23(22)34(41)42)43-13-7-8-32(40)45-37-30(38)11-12-31(37)39/h9-10,14-18,28,35-36H,5-8,11-13H2,1-4H3,(H,41,42). The molecule has 11 nitrogen and oxygen atoms in total. The molecule has 0 bridgehead atoms. The Balaban J connectivity index is 1.43. The maximum Gasteiger partial charge on any atom is 0.336 e. The van der Waals surface area contributed by atoms with Gasteiger partial charge in [-0.05, 0) is 87.2 Å². The molecular weight excluding hydrogens is 578 g/mol. The normalized spacial score (nSPS) is 17.2. The Morgan fingerprint density at radius 1 is 1.02 bits per heavy atom. The SMILES string of the molecule is CCNC1=CC2Oc3cc(NCC)c(C)cc3C(c3ccc(OCCCC(=O)ON4C(=O)CCC4=O)cc3C(=O)O)=C2C=C1C. The van der Waals surface area contributed by atoms with Crippen LogP contribution in [0.25, 0.3) is 5.57 Å². The topological polar surface area (TPSA) is 143 Å². The van der Waals surface area contributed by atoms with E-state index in [0.717, 1.165) is 52.3 Å². The molecule has 0 spiro atoms. The highest BCUT2D eigenvalue weighted by Gasteiger charge is 2.34. The van der Waals surface area contributed by atoms with E-state index in [2.05, 4.69) is 10.6 Å². The molecule has 11 heteroatoms. The monoisotopic (exact) mass is 615 g/mol. The number of hydrogen-bond donors (Lipinski definition) is 3. The molecule has 1 fully saturated rings. The number of imide groups is 1. The molecule has 45 heavy (non-hydrogen) atoms. The lowest BCUT2D eigenvalue weighted by atomic mass is 9.82. The van der Waals surface area contributed by atoms with E-state index in [9.17, 15) is 24.3 Å². The van der Waals surface area contributed by atoms with Crippen molar-refractivity contribution in [3.8, 4) is 11.5 Å². The predicted molar refractivity (Wildman–Crippen MR) is 167 cm³/mol. The van der Waals surface area contributed by atoms with Gasteiger partial charge >= 0.3 is 11.9 Å². The van der Waals surface area contributed by atoms with E-state index in [4.69, 9.17) is 14.3 Å². The summed E-state index contributed by atoms with van der Waals surface area (Å²) >= 11 is 0. The molecule has 2 amide bonds. The van der Waals surface area contributed by atoms with Crippen molar-refractivity contribution in [3.05, 3.63) is 81.6 Å². The Hall–Kier alpha value is -5.06. The summed E-state index contributed by atoms with van der Waals surface area (Å²) in [6.07, 6.45) is 3.85. The highest BCUT2D eigenvalue weighted by Crippen LogP contribution is 2.46. The molecule has 3 aliphatic rings. The zero-order valence-electron chi connectivity index (χ0n) is 25.8. The molecule has 1 unspecified atom stereocenters. The Bertz CT molecular complexity index is 1640. The van der Waals surface area contributed by atoms with Gasteiger partial charge in [-0.2, -0.15) is 0 Å². The van der Waals surface area contributed by atoms with Crippen LogP contribution in [0.5, 0.6) is 11.5 Å². The van der Waals surface area contributed by atoms with Crippen LogP contribution in [-0.4, -0.2) is 59.7 Å². The minimum atomic E-state index is -1.11. The van der Waals surface area contributed by atoms with Gasteiger partial charge in [-0.3, -0.25) is 9.59 Å². The van der Waals surface area contributed by atoms with Crippen molar-refractivity contribution in [1.29, 1.82) is 0 Å². The van der Waals surface area contributed by atoms with Crippen molar-refractivity contribution in [3.63, 3.8) is 0 Å². The van der Waals surface area contributed by atoms with Crippen molar-refractivity contribution >= 4 is 35.0 Å². The molecule has 0 radical (unpaired) electrons. The average Bonchev–Trinajstić information content (AvgIpc) is 3.32. The van der Waals surface area contributed by atoms with E-state index in [1.165, 1.54) is 6.07 Å². The van der Waals surface area contributed by atoms with Crippen LogP contribution in [-0.2, 0) is 19.2 Å². The highest BCUT2D eigenvalue weighted by atomic mass is 16.7. The van der Waals surface area contributed by atoms with Gasteiger partial charge in [-0.15, -0.1) is 5.06 Å². The van der Waals surface area contributed by atoms with E-state index < -0.39 is 29.9 Å². The van der Waals surface area contributed by atoms with Gasteiger partial charge in [0, 0.05) is 60.1 Å². The number of fused-ring (bicyclic) bond motifs is 2. The number of aryl methyl sites for hydroxylation is 1. The lowest BCUT2D eigenvalue weighted by Crippen LogP contribution is -2.32. The molecule has 2 heterocycles. The Kier molecular flexibility index (Phi) is 9.26. The van der Waals surface area contributed by atoms with E-state index in [-0.39, 0.29) is 37.9 Å². The van der Waals surface area contributed by atoms with Crippen molar-refractivity contribution < 1.29 is 38.6 Å². The van der Waals surface area contributed by atoms with Gasteiger partial charge in [-0.25, -0.2) is 9.59 Å². The largest absolute Gasteiger partial charge is 0.494 e. The van der Waals surface area contributed by atoms with Crippen molar-refractivity contribution in [1.82, 2.24) is 10.4 Å². The molecule has 3 N–H and O–H groups in total. The number of benzene rings is 2. The number of amides is 2. The number of anilines is 1. The Morgan fingerprint density at radius 2 is 1.76 bits per heavy atom. The quantitative estimate of drug-likeness (QED) is 0.223. The number of rotatable bonds is 12. The maximum atomic E-state index is 12.7. The number of aromatic carboxylic acids is 1. The molecule has 1 atom stereocenters. The Morgan fingerprint density at radius 3 is 2.44 bits per heavy atom. The van der Waals surface area contributed by atoms with Crippen LogP contribution in [0.2, 0.25) is 0 Å². The van der Waals surface area contributed by atoms with E-state index in [0.29, 0.717) is 22.1 Å². The second kappa shape index (κ2) is 13.3. The fourth-order valence-electron chi connectivity index (χ4n) is 5.64. The highest BCUT2D eigenvalue weighted by molar-refractivity contribution is 6.02. The molecule has 2 aromatic rings. The Labute approximate surface area is 261 Å². The van der Waals surface area contributed by atoms with Gasteiger partial charge in [0.25, 0.3) is 11.8 Å². The number of allylic oxidation sites excluding steroid dienone is 1. The summed E-state index contributed by atoms with van der Waals surface area (Å²) in [6, 6.07) is 8.92. The van der Waals surface area contributed by atoms with Crippen LogP contribution in [0.4, 0.5) is 5.69 Å². The fourth-order valence-corrected chi connectivity index (χ4v) is 5.64. The summed E-state index contributed by atoms with van der Waals surface area (Å²) < 4.78 is 12.3. The molecule has 5 rings (SSSR count). The van der Waals surface area contributed by atoms with Gasteiger partial charge in [0.05, 0.1) is 18.6 Å². The van der Waals surface area contributed by atoms with Crippen molar-refractivity contribution in [2.75, 3.05) is 25.0 Å². The first-order valence-electron chi connectivity index (χ1n) is 15.1. The number of hydroxylamine groups is 2. The molecule has 0 saturated carbocycles. The zero-order valence-corrected chi connectivity index (χ0v) is 25.8. The van der Waals surface area contributed by atoms with Gasteiger partial charge in [0.2, 0.25) is 0 Å². The summed E-state index contributed by atoms with van der Waals surface area (Å²) in [7, 11) is 0. The number of likely N-dealkylation sites (N-methyl/N-ethyl adjacent to an activating group) is 1. The molecule has 2 aliphatic heterocycles. The summed E-state index contributed by atoms with van der Waals surface area (Å²) in [4.78, 5) is 53.0. The summed E-state index contributed by atoms with van der Waals surface area (Å²) in [5, 5.41) is 17.6. The first kappa shape index (κ1) is 31.4. The van der Waals surface area contributed by atoms with Crippen LogP contribution < -0.4 is 20.1 Å². The molecule has 2 aromatic carbocycles. The second-order valence-electron chi connectivity index (χ2n) is 11.0. The minimum absolute atomic E-state index is 0.0230. The van der Waals surface area contributed by atoms with Gasteiger partial charge in [0.1, 0.15) is 17.6 Å². The third-order valence-corrected chi connectivity index (χ3v) is 7.78. The molecular formula is C34H37N3O8. The minimum Gasteiger partial charge on any atom is -0.494 e. The lowest BCUT2D eigenvalue weighted by molar-refractivity contribution is -0.197. The number of carboxylic acids is 1. The number of ether oxygens (including phenoxy) is 2.